The van der Waals surface area contributed by atoms with Gasteiger partial charge in [-0.2, -0.15) is 0 Å². The van der Waals surface area contributed by atoms with Crippen LogP contribution in [-0.4, -0.2) is 11.8 Å². The van der Waals surface area contributed by atoms with E-state index in [-0.39, 0.29) is 22.1 Å². The van der Waals surface area contributed by atoms with Crippen LogP contribution in [0.15, 0.2) is 48.5 Å². The molecule has 0 heterocycles. The van der Waals surface area contributed by atoms with Crippen molar-refractivity contribution in [2.45, 2.75) is 6.54 Å². The Balaban J connectivity index is 2.13. The van der Waals surface area contributed by atoms with Gasteiger partial charge in [-0.1, -0.05) is 41.9 Å². The summed E-state index contributed by atoms with van der Waals surface area (Å²) in [7, 11) is 0. The number of halogens is 1. The number of carbonyl (C=O) groups is 2. The van der Waals surface area contributed by atoms with Crippen molar-refractivity contribution < 1.29 is 9.59 Å². The number of nitrogens with two attached hydrogens (primary N) is 1. The van der Waals surface area contributed by atoms with Gasteiger partial charge in [-0.05, 0) is 23.8 Å². The summed E-state index contributed by atoms with van der Waals surface area (Å²) in [5.74, 6) is -0.944. The summed E-state index contributed by atoms with van der Waals surface area (Å²) in [6.45, 7) is 0.386. The Kier molecular flexibility index (Phi) is 4.38. The molecule has 20 heavy (non-hydrogen) atoms. The van der Waals surface area contributed by atoms with Gasteiger partial charge in [0.15, 0.2) is 0 Å². The van der Waals surface area contributed by atoms with E-state index in [1.165, 1.54) is 18.2 Å². The van der Waals surface area contributed by atoms with E-state index in [0.717, 1.165) is 5.56 Å². The molecule has 2 aromatic rings. The summed E-state index contributed by atoms with van der Waals surface area (Å²) >= 11 is 5.96. The van der Waals surface area contributed by atoms with E-state index in [4.69, 9.17) is 17.3 Å². The summed E-state index contributed by atoms with van der Waals surface area (Å²) in [6, 6.07) is 13.9. The van der Waals surface area contributed by atoms with Crippen LogP contribution in [0.1, 0.15) is 26.3 Å². The number of carbonyl (C=O) groups excluding carboxylic acids is 2. The van der Waals surface area contributed by atoms with Gasteiger partial charge in [0.05, 0.1) is 10.6 Å². The lowest BCUT2D eigenvalue weighted by Crippen LogP contribution is -2.23. The van der Waals surface area contributed by atoms with Gasteiger partial charge >= 0.3 is 0 Å². The topological polar surface area (TPSA) is 72.2 Å². The predicted octanol–water partition coefficient (Wildman–Crippen LogP) is 2.37. The van der Waals surface area contributed by atoms with Crippen LogP contribution >= 0.6 is 11.6 Å². The second-order valence-corrected chi connectivity index (χ2v) is 4.63. The van der Waals surface area contributed by atoms with Crippen LogP contribution in [0.4, 0.5) is 0 Å². The molecular formula is C15H13ClN2O2. The molecule has 0 radical (unpaired) electrons. The molecule has 2 rings (SSSR count). The van der Waals surface area contributed by atoms with E-state index in [2.05, 4.69) is 5.32 Å². The fourth-order valence-electron chi connectivity index (χ4n) is 1.73. The first-order valence-corrected chi connectivity index (χ1v) is 6.37. The van der Waals surface area contributed by atoms with Gasteiger partial charge in [0.25, 0.3) is 5.91 Å². The van der Waals surface area contributed by atoms with E-state index in [1.54, 1.807) is 0 Å². The standard InChI is InChI=1S/C15H13ClN2O2/c16-13-7-6-11(14(17)19)8-12(13)15(20)18-9-10-4-2-1-3-5-10/h1-8H,9H2,(H2,17,19)(H,18,20). The fraction of sp³-hybridized carbons (Fsp3) is 0.0667. The van der Waals surface area contributed by atoms with Crippen molar-refractivity contribution in [2.75, 3.05) is 0 Å². The molecule has 5 heteroatoms. The Hall–Kier alpha value is -2.33. The van der Waals surface area contributed by atoms with Gasteiger partial charge in [0.1, 0.15) is 0 Å². The second kappa shape index (κ2) is 6.21. The van der Waals surface area contributed by atoms with Crippen LogP contribution in [0.25, 0.3) is 0 Å². The van der Waals surface area contributed by atoms with E-state index in [0.29, 0.717) is 6.54 Å². The lowest BCUT2D eigenvalue weighted by molar-refractivity contribution is 0.0951. The van der Waals surface area contributed by atoms with Gasteiger partial charge in [0.2, 0.25) is 5.91 Å². The van der Waals surface area contributed by atoms with Crippen LogP contribution in [-0.2, 0) is 6.54 Å². The van der Waals surface area contributed by atoms with E-state index >= 15 is 0 Å². The van der Waals surface area contributed by atoms with Crippen molar-refractivity contribution in [2.24, 2.45) is 5.73 Å². The minimum absolute atomic E-state index is 0.235. The number of hydrogen-bond donors (Lipinski definition) is 2. The van der Waals surface area contributed by atoms with Gasteiger partial charge in [-0.25, -0.2) is 0 Å². The van der Waals surface area contributed by atoms with E-state index in [9.17, 15) is 9.59 Å². The van der Waals surface area contributed by atoms with Crippen molar-refractivity contribution in [3.63, 3.8) is 0 Å². The molecule has 102 valence electrons. The maximum absolute atomic E-state index is 12.1. The highest BCUT2D eigenvalue weighted by Gasteiger charge is 2.12. The number of nitrogens with one attached hydrogen (secondary N) is 1. The van der Waals surface area contributed by atoms with Crippen LogP contribution in [0.3, 0.4) is 0 Å². The Morgan fingerprint density at radius 2 is 1.80 bits per heavy atom. The van der Waals surface area contributed by atoms with Gasteiger partial charge < -0.3 is 11.1 Å². The van der Waals surface area contributed by atoms with Crippen molar-refractivity contribution in [1.29, 1.82) is 0 Å². The minimum atomic E-state index is -0.598. The third kappa shape index (κ3) is 3.36. The normalized spacial score (nSPS) is 10.1. The molecule has 0 atom stereocenters. The molecule has 0 aliphatic carbocycles. The van der Waals surface area contributed by atoms with Crippen LogP contribution in [0.5, 0.6) is 0 Å². The molecule has 0 bridgehead atoms. The predicted molar refractivity (Wildman–Crippen MR) is 77.6 cm³/mol. The van der Waals surface area contributed by atoms with Crippen molar-refractivity contribution in [3.05, 3.63) is 70.2 Å². The van der Waals surface area contributed by atoms with Gasteiger partial charge in [-0.3, -0.25) is 9.59 Å². The van der Waals surface area contributed by atoms with Crippen LogP contribution in [0, 0.1) is 0 Å². The molecular weight excluding hydrogens is 276 g/mol. The average molecular weight is 289 g/mol. The first kappa shape index (κ1) is 14.1. The van der Waals surface area contributed by atoms with Crippen molar-refractivity contribution >= 4 is 23.4 Å². The summed E-state index contributed by atoms with van der Waals surface area (Å²) in [5, 5.41) is 3.03. The zero-order valence-electron chi connectivity index (χ0n) is 10.6. The monoisotopic (exact) mass is 288 g/mol. The molecule has 3 N–H and O–H groups in total. The van der Waals surface area contributed by atoms with E-state index < -0.39 is 5.91 Å². The smallest absolute Gasteiger partial charge is 0.253 e. The van der Waals surface area contributed by atoms with Crippen molar-refractivity contribution in [3.8, 4) is 0 Å². The summed E-state index contributed by atoms with van der Waals surface area (Å²) in [6.07, 6.45) is 0. The number of primary amides is 1. The van der Waals surface area contributed by atoms with Crippen LogP contribution in [0.2, 0.25) is 5.02 Å². The number of hydrogen-bond acceptors (Lipinski definition) is 2. The number of benzene rings is 2. The Morgan fingerprint density at radius 3 is 2.45 bits per heavy atom. The molecule has 2 amide bonds. The highest BCUT2D eigenvalue weighted by Crippen LogP contribution is 2.17. The Bertz CT molecular complexity index is 642. The van der Waals surface area contributed by atoms with Crippen molar-refractivity contribution in [1.82, 2.24) is 5.32 Å². The number of rotatable bonds is 4. The highest BCUT2D eigenvalue weighted by molar-refractivity contribution is 6.34. The Labute approximate surface area is 121 Å². The fourth-order valence-corrected chi connectivity index (χ4v) is 1.93. The summed E-state index contributed by atoms with van der Waals surface area (Å²) in [5.41, 5.74) is 6.64. The number of amides is 2. The SMILES string of the molecule is NC(=O)c1ccc(Cl)c(C(=O)NCc2ccccc2)c1. The Morgan fingerprint density at radius 1 is 1.10 bits per heavy atom. The second-order valence-electron chi connectivity index (χ2n) is 4.23. The molecule has 2 aromatic carbocycles. The third-order valence-electron chi connectivity index (χ3n) is 2.79. The molecule has 0 fully saturated rings. The molecule has 0 saturated carbocycles. The lowest BCUT2D eigenvalue weighted by atomic mass is 10.1. The maximum atomic E-state index is 12.1. The molecule has 0 unspecified atom stereocenters. The van der Waals surface area contributed by atoms with Crippen LogP contribution < -0.4 is 11.1 Å². The molecule has 4 nitrogen and oxygen atoms in total. The molecule has 0 aliphatic rings. The third-order valence-corrected chi connectivity index (χ3v) is 3.12. The van der Waals surface area contributed by atoms with E-state index in [1.807, 2.05) is 30.3 Å². The first-order valence-electron chi connectivity index (χ1n) is 5.99. The van der Waals surface area contributed by atoms with Gasteiger partial charge in [0, 0.05) is 12.1 Å². The zero-order chi connectivity index (χ0) is 14.5. The highest BCUT2D eigenvalue weighted by atomic mass is 35.5. The molecule has 0 spiro atoms. The molecule has 0 saturated heterocycles. The first-order chi connectivity index (χ1) is 9.58. The largest absolute Gasteiger partial charge is 0.366 e. The average Bonchev–Trinajstić information content (AvgIpc) is 2.46. The lowest BCUT2D eigenvalue weighted by Gasteiger charge is -2.08. The summed E-state index contributed by atoms with van der Waals surface area (Å²) in [4.78, 5) is 23.2. The maximum Gasteiger partial charge on any atom is 0.253 e. The summed E-state index contributed by atoms with van der Waals surface area (Å²) < 4.78 is 0. The molecule has 0 aliphatic heterocycles. The zero-order valence-corrected chi connectivity index (χ0v) is 11.4. The quantitative estimate of drug-likeness (QED) is 0.906. The van der Waals surface area contributed by atoms with Gasteiger partial charge in [-0.15, -0.1) is 0 Å². The minimum Gasteiger partial charge on any atom is -0.366 e. The molecule has 0 aromatic heterocycles.